The monoisotopic (exact) mass is 767 g/mol. The smallest absolute Gasteiger partial charge is 0.164 e. The van der Waals surface area contributed by atoms with Gasteiger partial charge in [-0.15, -0.1) is 0 Å². The number of aromatic nitrogens is 5. The molecule has 5 nitrogen and oxygen atoms in total. The van der Waals surface area contributed by atoms with Crippen LogP contribution in [0.2, 0.25) is 0 Å². The Kier molecular flexibility index (Phi) is 9.88. The Bertz CT molecular complexity index is 2910. The van der Waals surface area contributed by atoms with Gasteiger partial charge in [-0.3, -0.25) is 0 Å². The molecular weight excluding hydrogens is 731 g/mol. The summed E-state index contributed by atoms with van der Waals surface area (Å²) in [5.41, 5.74) is 14.3. The van der Waals surface area contributed by atoms with E-state index in [4.69, 9.17) is 24.9 Å². The second-order valence-corrected chi connectivity index (χ2v) is 14.5. The fourth-order valence-electron chi connectivity index (χ4n) is 7.57. The van der Waals surface area contributed by atoms with Crippen LogP contribution >= 0.6 is 0 Å². The van der Waals surface area contributed by atoms with Crippen molar-refractivity contribution in [3.8, 4) is 101 Å². The lowest BCUT2D eigenvalue weighted by atomic mass is 9.87. The van der Waals surface area contributed by atoms with E-state index in [-0.39, 0.29) is 0 Å². The van der Waals surface area contributed by atoms with E-state index in [0.29, 0.717) is 23.3 Å². The fourth-order valence-corrected chi connectivity index (χ4v) is 7.57. The molecule has 10 aromatic rings. The Labute approximate surface area is 349 Å². The molecule has 8 aromatic carbocycles. The van der Waals surface area contributed by atoms with E-state index in [0.717, 1.165) is 78.1 Å². The minimum absolute atomic E-state index is 0.621. The van der Waals surface area contributed by atoms with E-state index in [9.17, 15) is 0 Å². The lowest BCUT2D eigenvalue weighted by Crippen LogP contribution is -2.00. The van der Waals surface area contributed by atoms with Crippen molar-refractivity contribution in [1.29, 1.82) is 0 Å². The number of rotatable bonds is 9. The molecule has 0 unspecified atom stereocenters. The molecule has 60 heavy (non-hydrogen) atoms. The first-order valence-corrected chi connectivity index (χ1v) is 20.0. The van der Waals surface area contributed by atoms with Crippen LogP contribution in [0.3, 0.4) is 0 Å². The molecule has 0 amide bonds. The molecule has 0 N–H and O–H groups in total. The molecule has 2 heterocycles. The third-order valence-corrected chi connectivity index (χ3v) is 10.6. The largest absolute Gasteiger partial charge is 0.228 e. The number of hydrogen-bond acceptors (Lipinski definition) is 5. The van der Waals surface area contributed by atoms with E-state index in [2.05, 4.69) is 127 Å². The van der Waals surface area contributed by atoms with Crippen LogP contribution < -0.4 is 0 Å². The van der Waals surface area contributed by atoms with Crippen molar-refractivity contribution >= 4 is 0 Å². The third-order valence-electron chi connectivity index (χ3n) is 10.6. The van der Waals surface area contributed by atoms with Crippen molar-refractivity contribution in [2.45, 2.75) is 0 Å². The summed E-state index contributed by atoms with van der Waals surface area (Å²) in [6.45, 7) is 0. The second-order valence-electron chi connectivity index (χ2n) is 14.5. The topological polar surface area (TPSA) is 64.5 Å². The van der Waals surface area contributed by atoms with Gasteiger partial charge in [0.1, 0.15) is 0 Å². The van der Waals surface area contributed by atoms with Gasteiger partial charge in [-0.2, -0.15) is 0 Å². The van der Waals surface area contributed by atoms with Gasteiger partial charge in [-0.1, -0.05) is 218 Å². The van der Waals surface area contributed by atoms with Gasteiger partial charge < -0.3 is 0 Å². The number of nitrogens with zero attached hydrogens (tertiary/aromatic N) is 5. The zero-order valence-electron chi connectivity index (χ0n) is 32.6. The summed E-state index contributed by atoms with van der Waals surface area (Å²) in [6, 6.07) is 77.1. The van der Waals surface area contributed by atoms with E-state index >= 15 is 0 Å². The van der Waals surface area contributed by atoms with Gasteiger partial charge in [0.2, 0.25) is 0 Å². The molecule has 5 heteroatoms. The molecule has 0 saturated carbocycles. The Hall–Kier alpha value is -8.15. The van der Waals surface area contributed by atoms with Crippen LogP contribution in [0.1, 0.15) is 0 Å². The molecule has 2 aromatic heterocycles. The Balaban J connectivity index is 1.05. The standard InChI is InChI=1S/C55H37N5/c1-6-17-38(18-7-1)47-27-16-28-48(39-29-33-45(34-30-39)52-56-49(40-19-8-2-9-20-40)37-50(57-52)41-21-10-3-11-22-41)51(47)42-31-35-46(36-32-42)55-59-53(43-23-12-4-13-24-43)58-54(60-55)44-25-14-5-15-26-44/h1-37H. The van der Waals surface area contributed by atoms with Crippen molar-refractivity contribution in [2.75, 3.05) is 0 Å². The van der Waals surface area contributed by atoms with Crippen LogP contribution in [0.5, 0.6) is 0 Å². The molecule has 282 valence electrons. The molecule has 0 fully saturated rings. The fraction of sp³-hybridized carbons (Fsp3) is 0. The van der Waals surface area contributed by atoms with Crippen LogP contribution in [0.4, 0.5) is 0 Å². The lowest BCUT2D eigenvalue weighted by molar-refractivity contribution is 1.07. The second kappa shape index (κ2) is 16.4. The van der Waals surface area contributed by atoms with Crippen LogP contribution in [0, 0.1) is 0 Å². The zero-order valence-corrected chi connectivity index (χ0v) is 32.6. The highest BCUT2D eigenvalue weighted by Gasteiger charge is 2.17. The van der Waals surface area contributed by atoms with Crippen molar-refractivity contribution < 1.29 is 0 Å². The molecule has 0 aliphatic carbocycles. The first kappa shape index (κ1) is 36.2. The van der Waals surface area contributed by atoms with Gasteiger partial charge in [-0.25, -0.2) is 24.9 Å². The molecule has 0 aliphatic heterocycles. The average molecular weight is 768 g/mol. The summed E-state index contributed by atoms with van der Waals surface area (Å²) in [7, 11) is 0. The summed E-state index contributed by atoms with van der Waals surface area (Å²) in [5.74, 6) is 2.57. The Morgan fingerprint density at radius 3 is 0.883 bits per heavy atom. The first-order chi connectivity index (χ1) is 29.7. The summed E-state index contributed by atoms with van der Waals surface area (Å²) < 4.78 is 0. The van der Waals surface area contributed by atoms with Crippen molar-refractivity contribution in [3.63, 3.8) is 0 Å². The highest BCUT2D eigenvalue weighted by molar-refractivity contribution is 5.95. The summed E-state index contributed by atoms with van der Waals surface area (Å²) >= 11 is 0. The van der Waals surface area contributed by atoms with Gasteiger partial charge in [0.05, 0.1) is 11.4 Å². The van der Waals surface area contributed by atoms with E-state index in [1.807, 2.05) is 97.1 Å². The molecule has 0 saturated heterocycles. The summed E-state index contributed by atoms with van der Waals surface area (Å²) in [5, 5.41) is 0. The van der Waals surface area contributed by atoms with Gasteiger partial charge in [0.15, 0.2) is 23.3 Å². The highest BCUT2D eigenvalue weighted by atomic mass is 15.0. The average Bonchev–Trinajstić information content (AvgIpc) is 3.35. The summed E-state index contributed by atoms with van der Waals surface area (Å²) in [4.78, 5) is 25.0. The predicted molar refractivity (Wildman–Crippen MR) is 244 cm³/mol. The predicted octanol–water partition coefficient (Wildman–Crippen LogP) is 13.7. The van der Waals surface area contributed by atoms with Crippen molar-refractivity contribution in [2.24, 2.45) is 0 Å². The van der Waals surface area contributed by atoms with Gasteiger partial charge in [0, 0.05) is 33.4 Å². The minimum Gasteiger partial charge on any atom is -0.228 e. The molecule has 0 radical (unpaired) electrons. The number of benzene rings is 8. The van der Waals surface area contributed by atoms with E-state index < -0.39 is 0 Å². The van der Waals surface area contributed by atoms with E-state index in [1.54, 1.807) is 0 Å². The van der Waals surface area contributed by atoms with Crippen LogP contribution in [0.25, 0.3) is 101 Å². The quantitative estimate of drug-likeness (QED) is 0.146. The Morgan fingerprint density at radius 2 is 0.483 bits per heavy atom. The van der Waals surface area contributed by atoms with Gasteiger partial charge in [-0.05, 0) is 39.4 Å². The van der Waals surface area contributed by atoms with Gasteiger partial charge >= 0.3 is 0 Å². The van der Waals surface area contributed by atoms with Crippen molar-refractivity contribution in [3.05, 3.63) is 224 Å². The van der Waals surface area contributed by atoms with E-state index in [1.165, 1.54) is 0 Å². The Morgan fingerprint density at radius 1 is 0.200 bits per heavy atom. The maximum Gasteiger partial charge on any atom is 0.164 e. The first-order valence-electron chi connectivity index (χ1n) is 20.0. The minimum atomic E-state index is 0.621. The molecular formula is C55H37N5. The maximum atomic E-state index is 5.07. The van der Waals surface area contributed by atoms with Crippen molar-refractivity contribution in [1.82, 2.24) is 24.9 Å². The van der Waals surface area contributed by atoms with Crippen LogP contribution in [-0.4, -0.2) is 24.9 Å². The summed E-state index contributed by atoms with van der Waals surface area (Å²) in [6.07, 6.45) is 0. The lowest BCUT2D eigenvalue weighted by Gasteiger charge is -2.17. The molecule has 0 aliphatic rings. The van der Waals surface area contributed by atoms with Crippen LogP contribution in [-0.2, 0) is 0 Å². The molecule has 0 spiro atoms. The molecule has 10 rings (SSSR count). The number of hydrogen-bond donors (Lipinski definition) is 0. The zero-order chi connectivity index (χ0) is 40.1. The third kappa shape index (κ3) is 7.51. The SMILES string of the molecule is c1ccc(-c2cc(-c3ccccc3)nc(-c3ccc(-c4cccc(-c5ccccc5)c4-c4ccc(-c5nc(-c6ccccc6)nc(-c6ccccc6)n5)cc4)cc3)n2)cc1. The van der Waals surface area contributed by atoms with Gasteiger partial charge in [0.25, 0.3) is 0 Å². The van der Waals surface area contributed by atoms with Crippen LogP contribution in [0.15, 0.2) is 224 Å². The maximum absolute atomic E-state index is 5.07. The highest BCUT2D eigenvalue weighted by Crippen LogP contribution is 2.41. The normalized spacial score (nSPS) is 11.0. The molecule has 0 bridgehead atoms. The molecule has 0 atom stereocenters.